The monoisotopic (exact) mass is 682 g/mol. The van der Waals surface area contributed by atoms with Gasteiger partial charge in [-0.05, 0) is 91.6 Å². The van der Waals surface area contributed by atoms with Crippen LogP contribution in [0.1, 0.15) is 173 Å². The first kappa shape index (κ1) is 42.8. The molecule has 0 unspecified atom stereocenters. The lowest BCUT2D eigenvalue weighted by Crippen LogP contribution is -2.14. The SMILES string of the molecule is O=C(O)c1ccc(CCCSCCCCCCCCCCCCO)c(CCCSCCCCCCCCCCCCO)c1C(=O)O. The highest BCUT2D eigenvalue weighted by molar-refractivity contribution is 7.99. The summed E-state index contributed by atoms with van der Waals surface area (Å²) in [6.45, 7) is 0.635. The molecule has 0 fully saturated rings. The molecule has 8 heteroatoms. The third-order valence-corrected chi connectivity index (χ3v) is 11.0. The summed E-state index contributed by atoms with van der Waals surface area (Å²) >= 11 is 3.90. The summed E-state index contributed by atoms with van der Waals surface area (Å²) in [5.74, 6) is 1.98. The van der Waals surface area contributed by atoms with Crippen molar-refractivity contribution in [2.45, 2.75) is 154 Å². The van der Waals surface area contributed by atoms with Gasteiger partial charge in [-0.2, -0.15) is 23.5 Å². The number of aryl methyl sites for hydroxylation is 1. The number of aliphatic hydroxyl groups is 2. The van der Waals surface area contributed by atoms with Crippen LogP contribution >= 0.6 is 23.5 Å². The standard InChI is InChI=1S/C38H66O6S2/c39-27-17-13-9-5-1-3-7-11-15-19-29-45-31-21-23-33-25-26-35(37(41)42)36(38(43)44)34(33)24-22-32-46-30-20-16-12-8-4-2-6-10-14-18-28-40/h25-26,39-40H,1-24,27-32H2,(H,41,42)(H,43,44). The molecule has 0 saturated carbocycles. The van der Waals surface area contributed by atoms with Gasteiger partial charge >= 0.3 is 11.9 Å². The van der Waals surface area contributed by atoms with Gasteiger partial charge in [0.25, 0.3) is 0 Å². The molecular formula is C38H66O6S2. The van der Waals surface area contributed by atoms with Crippen molar-refractivity contribution in [2.24, 2.45) is 0 Å². The second-order valence-corrected chi connectivity index (χ2v) is 15.1. The number of unbranched alkanes of at least 4 members (excludes halogenated alkanes) is 18. The first-order valence-electron chi connectivity index (χ1n) is 18.5. The molecule has 1 aromatic rings. The lowest BCUT2D eigenvalue weighted by Gasteiger charge is -2.15. The predicted molar refractivity (Wildman–Crippen MR) is 198 cm³/mol. The molecule has 0 radical (unpaired) electrons. The Morgan fingerprint density at radius 3 is 1.22 bits per heavy atom. The second-order valence-electron chi connectivity index (χ2n) is 12.7. The van der Waals surface area contributed by atoms with Crippen molar-refractivity contribution in [1.29, 1.82) is 0 Å². The summed E-state index contributed by atoms with van der Waals surface area (Å²) in [7, 11) is 0. The Labute approximate surface area is 289 Å². The van der Waals surface area contributed by atoms with Crippen molar-refractivity contribution < 1.29 is 30.0 Å². The van der Waals surface area contributed by atoms with E-state index < -0.39 is 11.9 Å². The van der Waals surface area contributed by atoms with Gasteiger partial charge < -0.3 is 20.4 Å². The molecule has 0 spiro atoms. The van der Waals surface area contributed by atoms with Crippen LogP contribution in [0, 0.1) is 0 Å². The maximum Gasteiger partial charge on any atom is 0.336 e. The molecule has 1 rings (SSSR count). The van der Waals surface area contributed by atoms with Gasteiger partial charge in [0.1, 0.15) is 0 Å². The minimum atomic E-state index is -1.17. The average molecular weight is 683 g/mol. The number of carbonyl (C=O) groups is 2. The van der Waals surface area contributed by atoms with Crippen LogP contribution in [-0.2, 0) is 12.8 Å². The van der Waals surface area contributed by atoms with Crippen molar-refractivity contribution in [3.8, 4) is 0 Å². The van der Waals surface area contributed by atoms with Crippen molar-refractivity contribution in [1.82, 2.24) is 0 Å². The second kappa shape index (κ2) is 31.1. The fourth-order valence-corrected chi connectivity index (χ4v) is 7.94. The van der Waals surface area contributed by atoms with E-state index in [0.29, 0.717) is 19.6 Å². The smallest absolute Gasteiger partial charge is 0.336 e. The molecule has 0 atom stereocenters. The first-order chi connectivity index (χ1) is 22.5. The minimum Gasteiger partial charge on any atom is -0.478 e. The van der Waals surface area contributed by atoms with E-state index in [1.807, 2.05) is 29.6 Å². The summed E-state index contributed by atoms with van der Waals surface area (Å²) in [6.07, 6.45) is 27.9. The molecule has 0 saturated heterocycles. The van der Waals surface area contributed by atoms with Gasteiger partial charge in [-0.3, -0.25) is 0 Å². The molecular weight excluding hydrogens is 617 g/mol. The minimum absolute atomic E-state index is 0.0128. The van der Waals surface area contributed by atoms with Gasteiger partial charge in [0.15, 0.2) is 0 Å². The zero-order chi connectivity index (χ0) is 33.5. The molecule has 6 nitrogen and oxygen atoms in total. The first-order valence-corrected chi connectivity index (χ1v) is 20.8. The van der Waals surface area contributed by atoms with Crippen LogP contribution in [0.4, 0.5) is 0 Å². The van der Waals surface area contributed by atoms with Gasteiger partial charge in [-0.1, -0.05) is 109 Å². The summed E-state index contributed by atoms with van der Waals surface area (Å²) < 4.78 is 0. The molecule has 266 valence electrons. The largest absolute Gasteiger partial charge is 0.478 e. The van der Waals surface area contributed by atoms with Crippen molar-refractivity contribution in [2.75, 3.05) is 36.2 Å². The molecule has 0 amide bonds. The maximum atomic E-state index is 12.2. The van der Waals surface area contributed by atoms with Crippen molar-refractivity contribution in [3.05, 3.63) is 34.4 Å². The molecule has 0 bridgehead atoms. The average Bonchev–Trinajstić information content (AvgIpc) is 3.04. The third-order valence-electron chi connectivity index (χ3n) is 8.70. The van der Waals surface area contributed by atoms with Crippen LogP contribution in [0.5, 0.6) is 0 Å². The Morgan fingerprint density at radius 1 is 0.457 bits per heavy atom. The van der Waals surface area contributed by atoms with Gasteiger partial charge in [0, 0.05) is 13.2 Å². The summed E-state index contributed by atoms with van der Waals surface area (Å²) in [5.41, 5.74) is 1.61. The summed E-state index contributed by atoms with van der Waals surface area (Å²) in [4.78, 5) is 24.0. The van der Waals surface area contributed by atoms with Crippen molar-refractivity contribution >= 4 is 35.5 Å². The molecule has 0 heterocycles. The number of carboxylic acids is 2. The normalized spacial score (nSPS) is 11.3. The highest BCUT2D eigenvalue weighted by Gasteiger charge is 2.22. The molecule has 0 aromatic heterocycles. The fraction of sp³-hybridized carbons (Fsp3) is 0.789. The fourth-order valence-electron chi connectivity index (χ4n) is 6.01. The Kier molecular flexibility index (Phi) is 28.9. The highest BCUT2D eigenvalue weighted by atomic mass is 32.2. The maximum absolute atomic E-state index is 12.2. The zero-order valence-corrected chi connectivity index (χ0v) is 30.4. The zero-order valence-electron chi connectivity index (χ0n) is 28.8. The number of carboxylic acid groups (broad SMARTS) is 2. The van der Waals surface area contributed by atoms with E-state index >= 15 is 0 Å². The number of aliphatic hydroxyl groups excluding tert-OH is 2. The number of aromatic carboxylic acids is 2. The summed E-state index contributed by atoms with van der Waals surface area (Å²) in [6, 6.07) is 3.34. The van der Waals surface area contributed by atoms with Gasteiger partial charge in [-0.15, -0.1) is 0 Å². The van der Waals surface area contributed by atoms with Gasteiger partial charge in [-0.25, -0.2) is 9.59 Å². The topological polar surface area (TPSA) is 115 Å². The number of thioether (sulfide) groups is 2. The van der Waals surface area contributed by atoms with Crippen LogP contribution in [0.15, 0.2) is 12.1 Å². The van der Waals surface area contributed by atoms with E-state index in [1.165, 1.54) is 109 Å². The summed E-state index contributed by atoms with van der Waals surface area (Å²) in [5, 5.41) is 37.3. The molecule has 0 aliphatic heterocycles. The predicted octanol–water partition coefficient (Wildman–Crippen LogP) is 10.2. The van der Waals surface area contributed by atoms with Gasteiger partial charge in [0.05, 0.1) is 11.1 Å². The van der Waals surface area contributed by atoms with E-state index in [1.54, 1.807) is 0 Å². The highest BCUT2D eigenvalue weighted by Crippen LogP contribution is 2.25. The molecule has 0 aliphatic rings. The van der Waals surface area contributed by atoms with E-state index in [9.17, 15) is 19.8 Å². The van der Waals surface area contributed by atoms with Crippen LogP contribution in [-0.4, -0.2) is 68.6 Å². The Balaban J connectivity index is 2.30. The third kappa shape index (κ3) is 22.4. The molecule has 0 aliphatic carbocycles. The Morgan fingerprint density at radius 2 is 0.826 bits per heavy atom. The van der Waals surface area contributed by atoms with Crippen molar-refractivity contribution in [3.63, 3.8) is 0 Å². The molecule has 4 N–H and O–H groups in total. The molecule has 46 heavy (non-hydrogen) atoms. The number of benzene rings is 1. The van der Waals surface area contributed by atoms with E-state index in [4.69, 9.17) is 10.2 Å². The van der Waals surface area contributed by atoms with E-state index in [0.717, 1.165) is 79.1 Å². The lowest BCUT2D eigenvalue weighted by molar-refractivity contribution is 0.0650. The Hall–Kier alpha value is -1.22. The van der Waals surface area contributed by atoms with Crippen LogP contribution in [0.2, 0.25) is 0 Å². The Bertz CT molecular complexity index is 894. The molecule has 1 aromatic carbocycles. The van der Waals surface area contributed by atoms with Gasteiger partial charge in [0.2, 0.25) is 0 Å². The van der Waals surface area contributed by atoms with Crippen LogP contribution in [0.3, 0.4) is 0 Å². The van der Waals surface area contributed by atoms with E-state index in [-0.39, 0.29) is 11.1 Å². The quantitative estimate of drug-likeness (QED) is 0.0531. The van der Waals surface area contributed by atoms with Crippen LogP contribution in [0.25, 0.3) is 0 Å². The number of rotatable bonds is 34. The number of hydrogen-bond donors (Lipinski definition) is 4. The van der Waals surface area contributed by atoms with E-state index in [2.05, 4.69) is 0 Å². The van der Waals surface area contributed by atoms with Crippen LogP contribution < -0.4 is 0 Å². The lowest BCUT2D eigenvalue weighted by atomic mass is 9.91. The number of hydrogen-bond acceptors (Lipinski definition) is 6.